The van der Waals surface area contributed by atoms with Gasteiger partial charge >= 0.3 is 6.18 Å². The number of halogens is 3. The monoisotopic (exact) mass is 270 g/mol. The average Bonchev–Trinajstić information content (AvgIpc) is 2.73. The molecule has 102 valence electrons. The molecule has 7 heteroatoms. The first-order valence-electron chi connectivity index (χ1n) is 5.62. The smallest absolute Gasteiger partial charge is 0.332 e. The van der Waals surface area contributed by atoms with Gasteiger partial charge in [0.15, 0.2) is 11.5 Å². The number of hydrogen-bond acceptors (Lipinski definition) is 3. The van der Waals surface area contributed by atoms with Crippen molar-refractivity contribution in [2.75, 3.05) is 7.05 Å². The summed E-state index contributed by atoms with van der Waals surface area (Å²) in [6.07, 6.45) is -1.87. The first kappa shape index (κ1) is 13.5. The predicted molar refractivity (Wildman–Crippen MR) is 64.2 cm³/mol. The lowest BCUT2D eigenvalue weighted by Crippen LogP contribution is -2.05. The lowest BCUT2D eigenvalue weighted by Gasteiger charge is -2.03. The number of imidazole rings is 1. The zero-order chi connectivity index (χ0) is 14.0. The van der Waals surface area contributed by atoms with Crippen LogP contribution in [0.25, 0.3) is 11.5 Å². The van der Waals surface area contributed by atoms with Gasteiger partial charge in [0.05, 0.1) is 0 Å². The van der Waals surface area contributed by atoms with Crippen molar-refractivity contribution in [3.05, 3.63) is 35.8 Å². The molecule has 2 aromatic heterocycles. The number of aryl methyl sites for hydroxylation is 1. The molecule has 0 aliphatic rings. The zero-order valence-corrected chi connectivity index (χ0v) is 10.5. The number of alkyl halides is 3. The molecule has 0 aliphatic heterocycles. The van der Waals surface area contributed by atoms with Crippen LogP contribution in [-0.4, -0.2) is 21.6 Å². The quantitative estimate of drug-likeness (QED) is 0.930. The van der Waals surface area contributed by atoms with E-state index in [0.717, 1.165) is 11.8 Å². The summed E-state index contributed by atoms with van der Waals surface area (Å²) < 4.78 is 39.0. The lowest BCUT2D eigenvalue weighted by molar-refractivity contribution is -0.140. The number of pyridine rings is 1. The fourth-order valence-corrected chi connectivity index (χ4v) is 1.71. The number of nitrogens with one attached hydrogen (secondary N) is 1. The van der Waals surface area contributed by atoms with Crippen LogP contribution in [0.2, 0.25) is 0 Å². The molecule has 0 aromatic carbocycles. The van der Waals surface area contributed by atoms with Crippen LogP contribution in [0.3, 0.4) is 0 Å². The van der Waals surface area contributed by atoms with E-state index in [0.29, 0.717) is 12.2 Å². The van der Waals surface area contributed by atoms with Gasteiger partial charge in [-0.2, -0.15) is 13.2 Å². The van der Waals surface area contributed by atoms with Crippen LogP contribution in [0.5, 0.6) is 0 Å². The molecule has 19 heavy (non-hydrogen) atoms. The van der Waals surface area contributed by atoms with Gasteiger partial charge in [0.1, 0.15) is 5.69 Å². The summed E-state index contributed by atoms with van der Waals surface area (Å²) in [6, 6.07) is 3.47. The normalized spacial score (nSPS) is 11.8. The molecule has 0 saturated heterocycles. The van der Waals surface area contributed by atoms with Gasteiger partial charge in [-0.25, -0.2) is 4.98 Å². The van der Waals surface area contributed by atoms with Crippen molar-refractivity contribution in [2.24, 2.45) is 7.05 Å². The Bertz CT molecular complexity index is 557. The molecule has 0 aliphatic carbocycles. The first-order chi connectivity index (χ1) is 8.91. The third-order valence-corrected chi connectivity index (χ3v) is 2.60. The molecule has 0 fully saturated rings. The molecule has 0 unspecified atom stereocenters. The number of aromatic nitrogens is 3. The summed E-state index contributed by atoms with van der Waals surface area (Å²) in [5.74, 6) is 0.198. The Kier molecular flexibility index (Phi) is 3.57. The van der Waals surface area contributed by atoms with Crippen LogP contribution in [0.15, 0.2) is 24.5 Å². The molecule has 2 aromatic rings. The Morgan fingerprint density at radius 3 is 2.53 bits per heavy atom. The topological polar surface area (TPSA) is 42.7 Å². The van der Waals surface area contributed by atoms with Crippen LogP contribution < -0.4 is 5.32 Å². The van der Waals surface area contributed by atoms with Crippen LogP contribution in [0.1, 0.15) is 11.3 Å². The number of hydrogen-bond donors (Lipinski definition) is 1. The van der Waals surface area contributed by atoms with Gasteiger partial charge in [0.25, 0.3) is 0 Å². The molecule has 0 amide bonds. The van der Waals surface area contributed by atoms with Crippen LogP contribution in [0, 0.1) is 0 Å². The third kappa shape index (κ3) is 2.93. The molecule has 0 radical (unpaired) electrons. The van der Waals surface area contributed by atoms with Crippen molar-refractivity contribution in [1.82, 2.24) is 19.9 Å². The van der Waals surface area contributed by atoms with Crippen molar-refractivity contribution < 1.29 is 13.2 Å². The molecule has 0 atom stereocenters. The summed E-state index contributed by atoms with van der Waals surface area (Å²) in [7, 11) is 3.32. The van der Waals surface area contributed by atoms with E-state index in [4.69, 9.17) is 0 Å². The van der Waals surface area contributed by atoms with E-state index >= 15 is 0 Å². The van der Waals surface area contributed by atoms with E-state index in [1.807, 2.05) is 7.05 Å². The minimum absolute atomic E-state index is 0.198. The fourth-order valence-electron chi connectivity index (χ4n) is 1.71. The molecular formula is C12H13F3N4. The summed E-state index contributed by atoms with van der Waals surface area (Å²) in [4.78, 5) is 7.72. The van der Waals surface area contributed by atoms with Crippen LogP contribution in [-0.2, 0) is 19.8 Å². The molecule has 0 bridgehead atoms. The molecular weight excluding hydrogens is 257 g/mol. The van der Waals surface area contributed by atoms with E-state index in [1.165, 1.54) is 11.6 Å². The highest BCUT2D eigenvalue weighted by molar-refractivity contribution is 5.50. The first-order valence-corrected chi connectivity index (χ1v) is 5.62. The minimum Gasteiger partial charge on any atom is -0.332 e. The average molecular weight is 270 g/mol. The van der Waals surface area contributed by atoms with Crippen molar-refractivity contribution >= 4 is 0 Å². The highest BCUT2D eigenvalue weighted by atomic mass is 19.4. The van der Waals surface area contributed by atoms with E-state index in [-0.39, 0.29) is 5.82 Å². The van der Waals surface area contributed by atoms with Crippen LogP contribution in [0.4, 0.5) is 13.2 Å². The second-order valence-electron chi connectivity index (χ2n) is 4.14. The maximum Gasteiger partial charge on any atom is 0.434 e. The molecule has 0 spiro atoms. The van der Waals surface area contributed by atoms with Crippen molar-refractivity contribution in [2.45, 2.75) is 12.7 Å². The minimum atomic E-state index is -4.44. The molecule has 1 N–H and O–H groups in total. The van der Waals surface area contributed by atoms with Crippen molar-refractivity contribution in [1.29, 1.82) is 0 Å². The van der Waals surface area contributed by atoms with Gasteiger partial charge in [-0.3, -0.25) is 4.98 Å². The summed E-state index contributed by atoms with van der Waals surface area (Å²) in [5, 5.41) is 2.97. The maximum atomic E-state index is 12.6. The van der Waals surface area contributed by atoms with Gasteiger partial charge in [-0.15, -0.1) is 0 Å². The lowest BCUT2D eigenvalue weighted by atomic mass is 10.2. The highest BCUT2D eigenvalue weighted by Gasteiger charge is 2.34. The largest absolute Gasteiger partial charge is 0.434 e. The predicted octanol–water partition coefficient (Wildman–Crippen LogP) is 2.22. The number of rotatable bonds is 3. The van der Waals surface area contributed by atoms with Gasteiger partial charge in [0.2, 0.25) is 0 Å². The Hall–Kier alpha value is -1.89. The van der Waals surface area contributed by atoms with Crippen molar-refractivity contribution in [3.8, 4) is 11.5 Å². The Morgan fingerprint density at radius 1 is 1.32 bits per heavy atom. The van der Waals surface area contributed by atoms with Gasteiger partial charge in [-0.05, 0) is 18.7 Å². The van der Waals surface area contributed by atoms with E-state index in [2.05, 4.69) is 15.3 Å². The second kappa shape index (κ2) is 5.00. The van der Waals surface area contributed by atoms with Crippen molar-refractivity contribution in [3.63, 3.8) is 0 Å². The van der Waals surface area contributed by atoms with Gasteiger partial charge in [0, 0.05) is 26.0 Å². The zero-order valence-electron chi connectivity index (χ0n) is 10.5. The Labute approximate surface area is 108 Å². The second-order valence-corrected chi connectivity index (χ2v) is 4.14. The molecule has 2 rings (SSSR count). The summed E-state index contributed by atoms with van der Waals surface area (Å²) in [5.41, 5.74) is 0.459. The maximum absolute atomic E-state index is 12.6. The van der Waals surface area contributed by atoms with E-state index in [1.54, 1.807) is 18.3 Å². The third-order valence-electron chi connectivity index (χ3n) is 2.60. The highest BCUT2D eigenvalue weighted by Crippen LogP contribution is 2.30. The fraction of sp³-hybridized carbons (Fsp3) is 0.333. The standard InChI is InChI=1S/C12H13F3N4/c1-16-5-8-3-4-9(17-6-8)11-18-10(7-19(11)2)12(13,14)15/h3-4,6-7,16H,5H2,1-2H3. The summed E-state index contributed by atoms with van der Waals surface area (Å²) >= 11 is 0. The van der Waals surface area contributed by atoms with E-state index in [9.17, 15) is 13.2 Å². The van der Waals surface area contributed by atoms with Gasteiger partial charge in [-0.1, -0.05) is 6.07 Å². The van der Waals surface area contributed by atoms with E-state index < -0.39 is 11.9 Å². The molecule has 4 nitrogen and oxygen atoms in total. The Balaban J connectivity index is 2.34. The number of nitrogens with zero attached hydrogens (tertiary/aromatic N) is 3. The van der Waals surface area contributed by atoms with Gasteiger partial charge < -0.3 is 9.88 Å². The SMILES string of the molecule is CNCc1ccc(-c2nc(C(F)(F)F)cn2C)nc1. The van der Waals surface area contributed by atoms with Crippen LogP contribution >= 0.6 is 0 Å². The Morgan fingerprint density at radius 2 is 2.05 bits per heavy atom. The summed E-state index contributed by atoms with van der Waals surface area (Å²) in [6.45, 7) is 0.654. The molecule has 0 saturated carbocycles. The molecule has 2 heterocycles.